The van der Waals surface area contributed by atoms with Gasteiger partial charge >= 0.3 is 6.16 Å². The fraction of sp³-hybridized carbons (Fsp3) is 0.900. The lowest BCUT2D eigenvalue weighted by Crippen LogP contribution is -2.24. The highest BCUT2D eigenvalue weighted by Crippen LogP contribution is 2.21. The monoisotopic (exact) mass is 202 g/mol. The third-order valence-corrected chi connectivity index (χ3v) is 1.92. The first-order valence-electron chi connectivity index (χ1n) is 5.04. The van der Waals surface area contributed by atoms with Gasteiger partial charge < -0.3 is 4.74 Å². The summed E-state index contributed by atoms with van der Waals surface area (Å²) in [4.78, 5) is 20.4. The van der Waals surface area contributed by atoms with Gasteiger partial charge in [0.25, 0.3) is 0 Å². The van der Waals surface area contributed by atoms with E-state index in [1.54, 1.807) is 20.8 Å². The maximum Gasteiger partial charge on any atom is 0.540 e. The zero-order valence-corrected chi connectivity index (χ0v) is 9.04. The number of carbonyl (C=O) groups is 1. The van der Waals surface area contributed by atoms with E-state index in [2.05, 4.69) is 4.89 Å². The standard InChI is InChI=1S/C10H18O4/c1-10(2,3)14-13-9(11)12-8-6-4-5-7-8/h8H,4-7H2,1-3H3. The maximum atomic E-state index is 11.1. The predicted molar refractivity (Wildman–Crippen MR) is 50.7 cm³/mol. The van der Waals surface area contributed by atoms with Crippen LogP contribution >= 0.6 is 0 Å². The smallest absolute Gasteiger partial charge is 0.429 e. The van der Waals surface area contributed by atoms with E-state index in [9.17, 15) is 4.79 Å². The van der Waals surface area contributed by atoms with Gasteiger partial charge in [0.2, 0.25) is 0 Å². The van der Waals surface area contributed by atoms with Gasteiger partial charge in [-0.3, -0.25) is 4.89 Å². The Bertz CT molecular complexity index is 189. The lowest BCUT2D eigenvalue weighted by atomic mass is 10.2. The molecule has 1 saturated carbocycles. The van der Waals surface area contributed by atoms with Crippen molar-refractivity contribution in [2.24, 2.45) is 0 Å². The van der Waals surface area contributed by atoms with E-state index in [-0.39, 0.29) is 6.10 Å². The fourth-order valence-corrected chi connectivity index (χ4v) is 1.32. The second kappa shape index (κ2) is 4.64. The molecule has 0 saturated heterocycles. The molecule has 0 amide bonds. The highest BCUT2D eigenvalue weighted by atomic mass is 17.2. The van der Waals surface area contributed by atoms with Crippen LogP contribution in [0, 0.1) is 0 Å². The first-order valence-corrected chi connectivity index (χ1v) is 5.04. The van der Waals surface area contributed by atoms with Crippen molar-refractivity contribution < 1.29 is 19.3 Å². The molecule has 0 aromatic rings. The lowest BCUT2D eigenvalue weighted by Gasteiger charge is -2.17. The molecule has 0 unspecified atom stereocenters. The molecule has 0 aliphatic heterocycles. The third kappa shape index (κ3) is 4.46. The zero-order chi connectivity index (χ0) is 10.6. The highest BCUT2D eigenvalue weighted by molar-refractivity contribution is 5.59. The summed E-state index contributed by atoms with van der Waals surface area (Å²) < 4.78 is 5.02. The minimum atomic E-state index is -0.730. The molecule has 1 aliphatic rings. The summed E-state index contributed by atoms with van der Waals surface area (Å²) in [6, 6.07) is 0. The topological polar surface area (TPSA) is 44.8 Å². The Labute approximate surface area is 84.4 Å². The Balaban J connectivity index is 2.15. The van der Waals surface area contributed by atoms with Gasteiger partial charge in [-0.05, 0) is 46.5 Å². The van der Waals surface area contributed by atoms with E-state index in [0.29, 0.717) is 0 Å². The van der Waals surface area contributed by atoms with Gasteiger partial charge in [-0.15, -0.1) is 0 Å². The third-order valence-electron chi connectivity index (χ3n) is 1.92. The average Bonchev–Trinajstić information content (AvgIpc) is 2.52. The normalized spacial score (nSPS) is 18.2. The van der Waals surface area contributed by atoms with Crippen LogP contribution in [0.4, 0.5) is 4.79 Å². The number of hydrogen-bond donors (Lipinski definition) is 0. The second-order valence-electron chi connectivity index (χ2n) is 4.55. The van der Waals surface area contributed by atoms with Gasteiger partial charge in [0, 0.05) is 0 Å². The molecule has 0 radical (unpaired) electrons. The van der Waals surface area contributed by atoms with E-state index < -0.39 is 11.8 Å². The van der Waals surface area contributed by atoms with E-state index in [4.69, 9.17) is 9.62 Å². The van der Waals surface area contributed by atoms with Crippen molar-refractivity contribution in [3.63, 3.8) is 0 Å². The van der Waals surface area contributed by atoms with Crippen molar-refractivity contribution in [2.45, 2.75) is 58.2 Å². The molecule has 1 aliphatic carbocycles. The Morgan fingerprint density at radius 1 is 1.21 bits per heavy atom. The summed E-state index contributed by atoms with van der Waals surface area (Å²) >= 11 is 0. The van der Waals surface area contributed by atoms with Gasteiger partial charge in [0.1, 0.15) is 11.7 Å². The molecule has 82 valence electrons. The van der Waals surface area contributed by atoms with Crippen LogP contribution in [0.1, 0.15) is 46.5 Å². The summed E-state index contributed by atoms with van der Waals surface area (Å²) in [7, 11) is 0. The summed E-state index contributed by atoms with van der Waals surface area (Å²) in [5, 5.41) is 0. The zero-order valence-electron chi connectivity index (χ0n) is 9.04. The van der Waals surface area contributed by atoms with Gasteiger partial charge in [-0.1, -0.05) is 0 Å². The van der Waals surface area contributed by atoms with Crippen LogP contribution in [0.15, 0.2) is 0 Å². The molecule has 0 spiro atoms. The van der Waals surface area contributed by atoms with Crippen LogP contribution in [0.3, 0.4) is 0 Å². The lowest BCUT2D eigenvalue weighted by molar-refractivity contribution is -0.313. The van der Waals surface area contributed by atoms with Crippen molar-refractivity contribution in [1.82, 2.24) is 0 Å². The number of carbonyl (C=O) groups excluding carboxylic acids is 1. The van der Waals surface area contributed by atoms with Crippen molar-refractivity contribution in [1.29, 1.82) is 0 Å². The Kier molecular flexibility index (Phi) is 3.75. The Morgan fingerprint density at radius 3 is 2.29 bits per heavy atom. The molecule has 0 N–H and O–H groups in total. The maximum absolute atomic E-state index is 11.1. The Hall–Kier alpha value is -0.770. The van der Waals surface area contributed by atoms with Gasteiger partial charge in [0.15, 0.2) is 0 Å². The summed E-state index contributed by atoms with van der Waals surface area (Å²) in [5.41, 5.74) is -0.491. The molecule has 0 heterocycles. The highest BCUT2D eigenvalue weighted by Gasteiger charge is 2.22. The number of rotatable bonds is 2. The van der Waals surface area contributed by atoms with Crippen molar-refractivity contribution in [2.75, 3.05) is 0 Å². The minimum Gasteiger partial charge on any atom is -0.429 e. The summed E-state index contributed by atoms with van der Waals surface area (Å²) in [6.07, 6.45) is 3.41. The summed E-state index contributed by atoms with van der Waals surface area (Å²) in [6.45, 7) is 5.40. The largest absolute Gasteiger partial charge is 0.540 e. The molecule has 14 heavy (non-hydrogen) atoms. The summed E-state index contributed by atoms with van der Waals surface area (Å²) in [5.74, 6) is 0. The van der Waals surface area contributed by atoms with E-state index >= 15 is 0 Å². The van der Waals surface area contributed by atoms with Gasteiger partial charge in [0.05, 0.1) is 0 Å². The van der Waals surface area contributed by atoms with Crippen molar-refractivity contribution >= 4 is 6.16 Å². The molecule has 0 aromatic carbocycles. The van der Waals surface area contributed by atoms with Gasteiger partial charge in [-0.25, -0.2) is 4.79 Å². The van der Waals surface area contributed by atoms with Crippen LogP contribution in [0.2, 0.25) is 0 Å². The minimum absolute atomic E-state index is 0.0195. The van der Waals surface area contributed by atoms with Crippen molar-refractivity contribution in [3.05, 3.63) is 0 Å². The van der Waals surface area contributed by atoms with E-state index in [1.165, 1.54) is 0 Å². The van der Waals surface area contributed by atoms with E-state index in [1.807, 2.05) is 0 Å². The first-order chi connectivity index (χ1) is 6.47. The van der Waals surface area contributed by atoms with Crippen LogP contribution in [0.25, 0.3) is 0 Å². The molecular weight excluding hydrogens is 184 g/mol. The molecule has 4 nitrogen and oxygen atoms in total. The molecule has 1 rings (SSSR count). The molecular formula is C10H18O4. The number of hydrogen-bond acceptors (Lipinski definition) is 4. The van der Waals surface area contributed by atoms with Crippen molar-refractivity contribution in [3.8, 4) is 0 Å². The quantitative estimate of drug-likeness (QED) is 0.392. The fourth-order valence-electron chi connectivity index (χ4n) is 1.32. The molecule has 1 fully saturated rings. The van der Waals surface area contributed by atoms with Crippen LogP contribution < -0.4 is 0 Å². The predicted octanol–water partition coefficient (Wildman–Crippen LogP) is 2.81. The van der Waals surface area contributed by atoms with Crippen LogP contribution in [-0.2, 0) is 14.5 Å². The molecule has 0 atom stereocenters. The second-order valence-corrected chi connectivity index (χ2v) is 4.55. The molecule has 0 bridgehead atoms. The SMILES string of the molecule is CC(C)(C)OOC(=O)OC1CCCC1. The average molecular weight is 202 g/mol. The first kappa shape index (κ1) is 11.3. The van der Waals surface area contributed by atoms with Crippen LogP contribution in [-0.4, -0.2) is 17.9 Å². The Morgan fingerprint density at radius 2 is 1.79 bits per heavy atom. The molecule has 0 aromatic heterocycles. The van der Waals surface area contributed by atoms with Crippen LogP contribution in [0.5, 0.6) is 0 Å². The van der Waals surface area contributed by atoms with Gasteiger partial charge in [-0.2, -0.15) is 4.89 Å². The molecule has 4 heteroatoms. The number of ether oxygens (including phenoxy) is 1. The van der Waals surface area contributed by atoms with E-state index in [0.717, 1.165) is 25.7 Å².